The second-order valence-corrected chi connectivity index (χ2v) is 22.7. The number of esters is 3. The van der Waals surface area contributed by atoms with Crippen molar-refractivity contribution in [2.75, 3.05) is 26.4 Å². The van der Waals surface area contributed by atoms with E-state index in [1.165, 1.54) is 116 Å². The first-order chi connectivity index (χ1) is 38.2. The number of rotatable bonds is 59. The summed E-state index contributed by atoms with van der Waals surface area (Å²) in [6.45, 7) is 4.55. The second kappa shape index (κ2) is 60.0. The van der Waals surface area contributed by atoms with Gasteiger partial charge in [-0.25, -0.2) is 4.57 Å². The minimum absolute atomic E-state index is 0.149. The first-order valence-electron chi connectivity index (χ1n) is 31.8. The summed E-state index contributed by atoms with van der Waals surface area (Å²) < 4.78 is 39.6. The predicted octanol–water partition coefficient (Wildman–Crippen LogP) is 19.3. The van der Waals surface area contributed by atoms with E-state index in [1.54, 1.807) is 0 Å². The molecule has 0 aromatic rings. The predicted molar refractivity (Wildman–Crippen MR) is 325 cm³/mol. The van der Waals surface area contributed by atoms with Crippen LogP contribution in [0, 0.1) is 0 Å². The number of carbonyl (C=O) groups is 3. The summed E-state index contributed by atoms with van der Waals surface area (Å²) in [4.78, 5) is 48.7. The number of aliphatic hydroxyl groups is 1. The van der Waals surface area contributed by atoms with Crippen molar-refractivity contribution < 1.29 is 52.2 Å². The molecule has 452 valence electrons. The number of allylic oxidation sites excluding steroid dienone is 12. The number of hydrogen-bond acceptors (Lipinski definition) is 10. The van der Waals surface area contributed by atoms with Crippen molar-refractivity contribution in [3.05, 3.63) is 72.9 Å². The Morgan fingerprint density at radius 2 is 0.654 bits per heavy atom. The van der Waals surface area contributed by atoms with E-state index in [2.05, 4.69) is 93.7 Å². The molecule has 0 heterocycles. The van der Waals surface area contributed by atoms with E-state index in [1.807, 2.05) is 0 Å². The average Bonchev–Trinajstić information content (AvgIpc) is 3.43. The van der Waals surface area contributed by atoms with Gasteiger partial charge >= 0.3 is 25.7 Å². The van der Waals surface area contributed by atoms with Crippen LogP contribution in [0.15, 0.2) is 72.9 Å². The van der Waals surface area contributed by atoms with Gasteiger partial charge in [0, 0.05) is 19.3 Å². The van der Waals surface area contributed by atoms with Crippen LogP contribution in [0.1, 0.15) is 290 Å². The fourth-order valence-corrected chi connectivity index (χ4v) is 9.47. The number of unbranched alkanes of at least 4 members (excludes halogenated alkanes) is 30. The first-order valence-corrected chi connectivity index (χ1v) is 33.3. The largest absolute Gasteiger partial charge is 0.472 e. The third-order valence-electron chi connectivity index (χ3n) is 13.6. The van der Waals surface area contributed by atoms with Crippen LogP contribution in [0.3, 0.4) is 0 Å². The van der Waals surface area contributed by atoms with E-state index < -0.39 is 57.8 Å². The van der Waals surface area contributed by atoms with Crippen molar-refractivity contribution in [3.63, 3.8) is 0 Å². The minimum atomic E-state index is -4.76. The third-order valence-corrected chi connectivity index (χ3v) is 14.5. The summed E-state index contributed by atoms with van der Waals surface area (Å²) in [6.07, 6.45) is 68.5. The van der Waals surface area contributed by atoms with Gasteiger partial charge in [-0.1, -0.05) is 235 Å². The first kappa shape index (κ1) is 74.9. The standard InChI is InChI=1S/C66H117O11P/c1-4-7-10-13-16-19-22-25-27-29-31-33-35-38-41-44-47-50-53-56-65(69)76-62(58-67)60-74-78(71,72)75-61-63(59-73-64(68)55-52-49-46-43-40-37-24-21-18-15-12-9-6-3)77-66(70)57-54-51-48-45-42-39-36-34-32-30-28-26-23-20-17-14-11-8-5-2/h12,15,17,20-21,24-28,32,34,62-63,67H,4-11,13-14,16,18-19,22-23,29-31,33,35-61H2,1-3H3,(H,71,72)/b15-12-,20-17-,24-21-,27-25-,28-26-,34-32-. The van der Waals surface area contributed by atoms with Gasteiger partial charge in [-0.2, -0.15) is 0 Å². The highest BCUT2D eigenvalue weighted by molar-refractivity contribution is 7.47. The number of ether oxygens (including phenoxy) is 3. The fraction of sp³-hybridized carbons (Fsp3) is 0.773. The maximum atomic E-state index is 12.9. The number of phosphoric acid groups is 1. The lowest BCUT2D eigenvalue weighted by atomic mass is 10.1. The van der Waals surface area contributed by atoms with Gasteiger partial charge in [-0.3, -0.25) is 23.4 Å². The highest BCUT2D eigenvalue weighted by Gasteiger charge is 2.28. The van der Waals surface area contributed by atoms with E-state index in [9.17, 15) is 28.9 Å². The fourth-order valence-electron chi connectivity index (χ4n) is 8.69. The summed E-state index contributed by atoms with van der Waals surface area (Å²) in [6, 6.07) is 0. The minimum Gasteiger partial charge on any atom is -0.462 e. The van der Waals surface area contributed by atoms with E-state index in [4.69, 9.17) is 23.3 Å². The summed E-state index contributed by atoms with van der Waals surface area (Å²) >= 11 is 0. The number of hydrogen-bond donors (Lipinski definition) is 2. The van der Waals surface area contributed by atoms with Gasteiger partial charge in [0.05, 0.1) is 19.8 Å². The molecular weight excluding hydrogens is 1000 g/mol. The lowest BCUT2D eigenvalue weighted by molar-refractivity contribution is -0.161. The van der Waals surface area contributed by atoms with Gasteiger partial charge in [0.1, 0.15) is 12.7 Å². The van der Waals surface area contributed by atoms with Gasteiger partial charge in [0.2, 0.25) is 0 Å². The molecule has 3 atom stereocenters. The van der Waals surface area contributed by atoms with Gasteiger partial charge in [0.25, 0.3) is 0 Å². The lowest BCUT2D eigenvalue weighted by Gasteiger charge is -2.21. The molecule has 0 spiro atoms. The maximum absolute atomic E-state index is 12.9. The van der Waals surface area contributed by atoms with Crippen LogP contribution in [-0.2, 0) is 42.2 Å². The van der Waals surface area contributed by atoms with Crippen LogP contribution in [0.5, 0.6) is 0 Å². The molecule has 0 aliphatic rings. The zero-order chi connectivity index (χ0) is 56.9. The Kier molecular flexibility index (Phi) is 57.7. The lowest BCUT2D eigenvalue weighted by Crippen LogP contribution is -2.30. The molecule has 0 fully saturated rings. The Hall–Kier alpha value is -3.08. The molecule has 0 radical (unpaired) electrons. The molecule has 0 amide bonds. The van der Waals surface area contributed by atoms with Gasteiger partial charge in [-0.15, -0.1) is 0 Å². The molecule has 0 aromatic carbocycles. The van der Waals surface area contributed by atoms with Crippen LogP contribution < -0.4 is 0 Å². The van der Waals surface area contributed by atoms with E-state index in [0.29, 0.717) is 19.3 Å². The molecule has 12 heteroatoms. The van der Waals surface area contributed by atoms with Crippen LogP contribution >= 0.6 is 7.82 Å². The second-order valence-electron chi connectivity index (χ2n) is 21.2. The monoisotopic (exact) mass is 1120 g/mol. The summed E-state index contributed by atoms with van der Waals surface area (Å²) in [5.41, 5.74) is 0. The molecule has 0 aromatic heterocycles. The van der Waals surface area contributed by atoms with E-state index in [0.717, 1.165) is 116 Å². The molecule has 0 saturated heterocycles. The average molecular weight is 1120 g/mol. The van der Waals surface area contributed by atoms with Gasteiger partial charge < -0.3 is 24.2 Å². The van der Waals surface area contributed by atoms with Crippen LogP contribution in [-0.4, -0.2) is 66.5 Å². The number of phosphoric ester groups is 1. The molecule has 0 rings (SSSR count). The Morgan fingerprint density at radius 1 is 0.359 bits per heavy atom. The molecule has 0 aliphatic carbocycles. The van der Waals surface area contributed by atoms with Crippen molar-refractivity contribution in [1.82, 2.24) is 0 Å². The van der Waals surface area contributed by atoms with Crippen molar-refractivity contribution >= 4 is 25.7 Å². The molecule has 2 N–H and O–H groups in total. The maximum Gasteiger partial charge on any atom is 0.472 e. The smallest absolute Gasteiger partial charge is 0.462 e. The van der Waals surface area contributed by atoms with Crippen molar-refractivity contribution in [2.45, 2.75) is 303 Å². The Morgan fingerprint density at radius 3 is 1.05 bits per heavy atom. The molecule has 0 bridgehead atoms. The SMILES string of the molecule is CCC/C=C\C/C=C\CCCCCCCC(=O)OCC(COP(=O)(O)OCC(CO)OC(=O)CCCCCCCCCCC/C=C\CCCCCCCC)OC(=O)CCCCCCCC/C=C\C/C=C\C/C=C\CCCCC. The zero-order valence-electron chi connectivity index (χ0n) is 50.1. The van der Waals surface area contributed by atoms with Crippen LogP contribution in [0.25, 0.3) is 0 Å². The molecule has 3 unspecified atom stereocenters. The number of aliphatic hydroxyl groups excluding tert-OH is 1. The zero-order valence-corrected chi connectivity index (χ0v) is 51.0. The molecule has 11 nitrogen and oxygen atoms in total. The molecular formula is C66H117O11P. The molecule has 0 saturated carbocycles. The summed E-state index contributed by atoms with van der Waals surface area (Å²) in [5, 5.41) is 9.85. The van der Waals surface area contributed by atoms with E-state index in [-0.39, 0.29) is 25.9 Å². The molecule has 0 aliphatic heterocycles. The Balaban J connectivity index is 4.67. The van der Waals surface area contributed by atoms with Gasteiger partial charge in [0.15, 0.2) is 6.10 Å². The van der Waals surface area contributed by atoms with Crippen LogP contribution in [0.2, 0.25) is 0 Å². The number of carbonyl (C=O) groups excluding carboxylic acids is 3. The molecule has 78 heavy (non-hydrogen) atoms. The van der Waals surface area contributed by atoms with Gasteiger partial charge in [-0.05, 0) is 109 Å². The highest BCUT2D eigenvalue weighted by atomic mass is 31.2. The third kappa shape index (κ3) is 57.6. The topological polar surface area (TPSA) is 155 Å². The van der Waals surface area contributed by atoms with E-state index >= 15 is 0 Å². The summed E-state index contributed by atoms with van der Waals surface area (Å²) in [7, 11) is -4.76. The highest BCUT2D eigenvalue weighted by Crippen LogP contribution is 2.43. The van der Waals surface area contributed by atoms with Crippen molar-refractivity contribution in [1.29, 1.82) is 0 Å². The van der Waals surface area contributed by atoms with Crippen molar-refractivity contribution in [2.24, 2.45) is 0 Å². The van der Waals surface area contributed by atoms with Crippen LogP contribution in [0.4, 0.5) is 0 Å². The summed E-state index contributed by atoms with van der Waals surface area (Å²) in [5.74, 6) is -1.49. The van der Waals surface area contributed by atoms with Crippen molar-refractivity contribution in [3.8, 4) is 0 Å². The normalized spacial score (nSPS) is 13.8. The Labute approximate surface area is 478 Å². The Bertz CT molecular complexity index is 1590. The quantitative estimate of drug-likeness (QED) is 0.0197.